The first-order chi connectivity index (χ1) is 11.3. The third-order valence-corrected chi connectivity index (χ3v) is 3.64. The molecule has 4 rings (SSSR count). The molecular formula is C18H13N3O2. The normalized spacial score (nSPS) is 10.8. The average molecular weight is 303 g/mol. The fourth-order valence-electron chi connectivity index (χ4n) is 2.46. The van der Waals surface area contributed by atoms with Crippen LogP contribution < -0.4 is 4.74 Å². The van der Waals surface area contributed by atoms with E-state index in [-0.39, 0.29) is 0 Å². The van der Waals surface area contributed by atoms with Crippen LogP contribution in [0.2, 0.25) is 0 Å². The quantitative estimate of drug-likeness (QED) is 0.573. The largest absolute Gasteiger partial charge is 0.497 e. The van der Waals surface area contributed by atoms with Crippen LogP contribution in [0.15, 0.2) is 65.2 Å². The van der Waals surface area contributed by atoms with Gasteiger partial charge < -0.3 is 9.15 Å². The Hall–Kier alpha value is -3.21. The Balaban J connectivity index is 1.77. The van der Waals surface area contributed by atoms with E-state index in [1.54, 1.807) is 13.3 Å². The zero-order valence-electron chi connectivity index (χ0n) is 12.4. The lowest BCUT2D eigenvalue weighted by molar-refractivity contribution is 0.415. The van der Waals surface area contributed by atoms with Crippen LogP contribution in [0, 0.1) is 0 Å². The molecule has 0 aliphatic carbocycles. The van der Waals surface area contributed by atoms with Crippen molar-refractivity contribution in [3.05, 3.63) is 60.8 Å². The van der Waals surface area contributed by atoms with Crippen molar-refractivity contribution in [3.8, 4) is 28.7 Å². The van der Waals surface area contributed by atoms with E-state index >= 15 is 0 Å². The number of nitrogens with zero attached hydrogens (tertiary/aromatic N) is 3. The molecule has 0 atom stereocenters. The number of benzene rings is 2. The van der Waals surface area contributed by atoms with E-state index in [4.69, 9.17) is 9.15 Å². The smallest absolute Gasteiger partial charge is 0.248 e. The topological polar surface area (TPSA) is 61.0 Å². The van der Waals surface area contributed by atoms with Gasteiger partial charge in [0.2, 0.25) is 11.8 Å². The van der Waals surface area contributed by atoms with E-state index in [9.17, 15) is 0 Å². The highest BCUT2D eigenvalue weighted by Gasteiger charge is 2.13. The lowest BCUT2D eigenvalue weighted by atomic mass is 10.1. The molecule has 2 heterocycles. The lowest BCUT2D eigenvalue weighted by Crippen LogP contribution is -1.83. The zero-order chi connectivity index (χ0) is 15.6. The van der Waals surface area contributed by atoms with Gasteiger partial charge in [-0.2, -0.15) is 0 Å². The highest BCUT2D eigenvalue weighted by Crippen LogP contribution is 2.29. The standard InChI is InChI=1S/C18H13N3O2/c1-22-13-8-6-12(7-9-13)17-20-21-18(23-17)15-10-11-19-16-5-3-2-4-14(15)16/h2-11H,1H3. The fraction of sp³-hybridized carbons (Fsp3) is 0.0556. The summed E-state index contributed by atoms with van der Waals surface area (Å²) >= 11 is 0. The van der Waals surface area contributed by atoms with Gasteiger partial charge in [0.05, 0.1) is 12.6 Å². The third kappa shape index (κ3) is 2.42. The first-order valence-electron chi connectivity index (χ1n) is 7.17. The predicted octanol–water partition coefficient (Wildman–Crippen LogP) is 3.96. The minimum Gasteiger partial charge on any atom is -0.497 e. The van der Waals surface area contributed by atoms with Gasteiger partial charge in [0.25, 0.3) is 0 Å². The SMILES string of the molecule is COc1ccc(-c2nnc(-c3ccnc4ccccc34)o2)cc1. The Kier molecular flexibility index (Phi) is 3.24. The van der Waals surface area contributed by atoms with Crippen LogP contribution in [-0.4, -0.2) is 22.3 Å². The minimum absolute atomic E-state index is 0.476. The average Bonchev–Trinajstić information content (AvgIpc) is 3.11. The summed E-state index contributed by atoms with van der Waals surface area (Å²) in [5.74, 6) is 1.74. The second-order valence-corrected chi connectivity index (χ2v) is 5.02. The zero-order valence-corrected chi connectivity index (χ0v) is 12.4. The Morgan fingerprint density at radius 3 is 2.48 bits per heavy atom. The van der Waals surface area contributed by atoms with Gasteiger partial charge in [0.1, 0.15) is 5.75 Å². The molecule has 0 aliphatic heterocycles. The molecule has 23 heavy (non-hydrogen) atoms. The van der Waals surface area contributed by atoms with Crippen LogP contribution in [0.25, 0.3) is 33.8 Å². The van der Waals surface area contributed by atoms with Gasteiger partial charge in [-0.1, -0.05) is 18.2 Å². The Bertz CT molecular complexity index is 956. The Morgan fingerprint density at radius 2 is 1.65 bits per heavy atom. The highest BCUT2D eigenvalue weighted by atomic mass is 16.5. The summed E-state index contributed by atoms with van der Waals surface area (Å²) in [4.78, 5) is 4.35. The molecule has 0 unspecified atom stereocenters. The minimum atomic E-state index is 0.476. The summed E-state index contributed by atoms with van der Waals surface area (Å²) in [6, 6.07) is 17.3. The molecule has 0 fully saturated rings. The molecule has 0 bridgehead atoms. The number of hydrogen-bond donors (Lipinski definition) is 0. The van der Waals surface area contributed by atoms with Crippen molar-refractivity contribution in [1.82, 2.24) is 15.2 Å². The van der Waals surface area contributed by atoms with Gasteiger partial charge >= 0.3 is 0 Å². The van der Waals surface area contributed by atoms with Gasteiger partial charge in [-0.05, 0) is 36.4 Å². The van der Waals surface area contributed by atoms with Crippen LogP contribution >= 0.6 is 0 Å². The van der Waals surface area contributed by atoms with E-state index in [1.165, 1.54) is 0 Å². The Morgan fingerprint density at radius 1 is 0.870 bits per heavy atom. The molecule has 2 aromatic carbocycles. The van der Waals surface area contributed by atoms with Gasteiger partial charge in [-0.25, -0.2) is 0 Å². The summed E-state index contributed by atoms with van der Waals surface area (Å²) in [6.45, 7) is 0. The monoisotopic (exact) mass is 303 g/mol. The maximum atomic E-state index is 5.85. The Labute approximate surface area is 132 Å². The molecule has 4 aromatic rings. The summed E-state index contributed by atoms with van der Waals surface area (Å²) < 4.78 is 11.0. The summed E-state index contributed by atoms with van der Waals surface area (Å²) in [6.07, 6.45) is 1.74. The summed E-state index contributed by atoms with van der Waals surface area (Å²) in [5, 5.41) is 9.31. The van der Waals surface area contributed by atoms with E-state index in [1.807, 2.05) is 54.6 Å². The van der Waals surface area contributed by atoms with Crippen LogP contribution in [0.4, 0.5) is 0 Å². The second-order valence-electron chi connectivity index (χ2n) is 5.02. The van der Waals surface area contributed by atoms with Gasteiger partial charge in [0.15, 0.2) is 0 Å². The molecule has 0 saturated carbocycles. The molecule has 5 heteroatoms. The number of hydrogen-bond acceptors (Lipinski definition) is 5. The molecule has 2 aromatic heterocycles. The van der Waals surface area contributed by atoms with E-state index < -0.39 is 0 Å². The number of pyridine rings is 1. The first kappa shape index (κ1) is 13.5. The highest BCUT2D eigenvalue weighted by molar-refractivity contribution is 5.92. The van der Waals surface area contributed by atoms with Crippen molar-refractivity contribution in [3.63, 3.8) is 0 Å². The molecule has 112 valence electrons. The molecule has 0 amide bonds. The number of ether oxygens (including phenoxy) is 1. The molecule has 0 N–H and O–H groups in total. The van der Waals surface area contributed by atoms with Crippen LogP contribution in [0.1, 0.15) is 0 Å². The fourth-order valence-corrected chi connectivity index (χ4v) is 2.46. The van der Waals surface area contributed by atoms with Crippen molar-refractivity contribution < 1.29 is 9.15 Å². The predicted molar refractivity (Wildman–Crippen MR) is 87.0 cm³/mol. The molecule has 0 spiro atoms. The second kappa shape index (κ2) is 5.53. The number of methoxy groups -OCH3 is 1. The van der Waals surface area contributed by atoms with E-state index in [2.05, 4.69) is 15.2 Å². The van der Waals surface area contributed by atoms with Crippen molar-refractivity contribution >= 4 is 10.9 Å². The summed E-state index contributed by atoms with van der Waals surface area (Å²) in [7, 11) is 1.63. The maximum Gasteiger partial charge on any atom is 0.248 e. The maximum absolute atomic E-state index is 5.85. The van der Waals surface area contributed by atoms with Gasteiger partial charge in [0, 0.05) is 22.7 Å². The summed E-state index contributed by atoms with van der Waals surface area (Å²) in [5.41, 5.74) is 2.62. The first-order valence-corrected chi connectivity index (χ1v) is 7.17. The molecule has 0 aliphatic rings. The number of fused-ring (bicyclic) bond motifs is 1. The van der Waals surface area contributed by atoms with Crippen LogP contribution in [0.5, 0.6) is 5.75 Å². The van der Waals surface area contributed by atoms with E-state index in [0.717, 1.165) is 27.8 Å². The van der Waals surface area contributed by atoms with E-state index in [0.29, 0.717) is 11.8 Å². The van der Waals surface area contributed by atoms with Crippen LogP contribution in [-0.2, 0) is 0 Å². The van der Waals surface area contributed by atoms with Crippen LogP contribution in [0.3, 0.4) is 0 Å². The molecule has 5 nitrogen and oxygen atoms in total. The van der Waals surface area contributed by atoms with Gasteiger partial charge in [-0.3, -0.25) is 4.98 Å². The number of para-hydroxylation sites is 1. The number of aromatic nitrogens is 3. The third-order valence-electron chi connectivity index (χ3n) is 3.64. The van der Waals surface area contributed by atoms with Crippen molar-refractivity contribution in [2.24, 2.45) is 0 Å². The lowest BCUT2D eigenvalue weighted by Gasteiger charge is -2.01. The molecule has 0 radical (unpaired) electrons. The molecule has 0 saturated heterocycles. The van der Waals surface area contributed by atoms with Crippen molar-refractivity contribution in [1.29, 1.82) is 0 Å². The van der Waals surface area contributed by atoms with Crippen molar-refractivity contribution in [2.75, 3.05) is 7.11 Å². The van der Waals surface area contributed by atoms with Gasteiger partial charge in [-0.15, -0.1) is 10.2 Å². The molecular weight excluding hydrogens is 290 g/mol. The van der Waals surface area contributed by atoms with Crippen molar-refractivity contribution in [2.45, 2.75) is 0 Å². The number of rotatable bonds is 3.